The molecule has 1 aliphatic heterocycles. The molecular formula is C20H21ClF3N5O3. The standard InChI is InChI=1S/C20H21ClF3N5O3/c1-32-19(31)14-5-3-2-4-13(14)12-6-8-29(9-7-12)15-11-25-27-18(17(15)21)28-26-16(30)10-20(22,23)24/h2-5,11-12H,6-10H2,1H3,(H,26,30)(H,27,28). The number of benzene rings is 1. The van der Waals surface area contributed by atoms with E-state index in [0.29, 0.717) is 24.3 Å². The Bertz CT molecular complexity index is 981. The maximum absolute atomic E-state index is 12.3. The van der Waals surface area contributed by atoms with Crippen LogP contribution in [0.2, 0.25) is 5.02 Å². The number of piperidine rings is 1. The van der Waals surface area contributed by atoms with Crippen LogP contribution in [0.1, 0.15) is 41.1 Å². The number of amides is 1. The molecule has 2 heterocycles. The zero-order valence-electron chi connectivity index (χ0n) is 17.1. The number of rotatable bonds is 6. The van der Waals surface area contributed by atoms with Crippen LogP contribution in [0.25, 0.3) is 0 Å². The fourth-order valence-electron chi connectivity index (χ4n) is 3.60. The Balaban J connectivity index is 1.66. The van der Waals surface area contributed by atoms with Crippen LogP contribution in [-0.2, 0) is 9.53 Å². The zero-order valence-corrected chi connectivity index (χ0v) is 17.8. The van der Waals surface area contributed by atoms with E-state index in [1.54, 1.807) is 12.1 Å². The van der Waals surface area contributed by atoms with Crippen LogP contribution in [-0.4, -0.2) is 48.4 Å². The monoisotopic (exact) mass is 471 g/mol. The molecular weight excluding hydrogens is 451 g/mol. The van der Waals surface area contributed by atoms with Gasteiger partial charge in [-0.2, -0.15) is 18.3 Å². The minimum absolute atomic E-state index is 0.0575. The number of esters is 1. The Kier molecular flexibility index (Phi) is 7.39. The minimum atomic E-state index is -4.63. The van der Waals surface area contributed by atoms with Gasteiger partial charge in [0.2, 0.25) is 5.91 Å². The van der Waals surface area contributed by atoms with Crippen LogP contribution in [0.4, 0.5) is 24.7 Å². The van der Waals surface area contributed by atoms with Crippen molar-refractivity contribution < 1.29 is 27.5 Å². The van der Waals surface area contributed by atoms with Crippen molar-refractivity contribution in [3.05, 3.63) is 46.6 Å². The lowest BCUT2D eigenvalue weighted by Crippen LogP contribution is -2.35. The highest BCUT2D eigenvalue weighted by Gasteiger charge is 2.31. The quantitative estimate of drug-likeness (QED) is 0.490. The average molecular weight is 472 g/mol. The number of carbonyl (C=O) groups excluding carboxylic acids is 2. The molecule has 32 heavy (non-hydrogen) atoms. The van der Waals surface area contributed by atoms with E-state index in [0.717, 1.165) is 18.4 Å². The first-order valence-corrected chi connectivity index (χ1v) is 10.1. The van der Waals surface area contributed by atoms with E-state index in [2.05, 4.69) is 15.6 Å². The summed E-state index contributed by atoms with van der Waals surface area (Å²) in [7, 11) is 1.34. The molecule has 0 atom stereocenters. The van der Waals surface area contributed by atoms with Crippen LogP contribution < -0.4 is 15.8 Å². The molecule has 1 aromatic carbocycles. The molecule has 0 bridgehead atoms. The van der Waals surface area contributed by atoms with Gasteiger partial charge in [-0.15, -0.1) is 5.10 Å². The van der Waals surface area contributed by atoms with Gasteiger partial charge in [0, 0.05) is 13.1 Å². The number of aromatic nitrogens is 2. The third kappa shape index (κ3) is 5.78. The summed E-state index contributed by atoms with van der Waals surface area (Å²) in [5.41, 5.74) is 6.21. The zero-order chi connectivity index (χ0) is 23.3. The van der Waals surface area contributed by atoms with Crippen molar-refractivity contribution in [2.75, 3.05) is 30.5 Å². The highest BCUT2D eigenvalue weighted by Crippen LogP contribution is 2.36. The number of nitrogens with one attached hydrogen (secondary N) is 2. The van der Waals surface area contributed by atoms with Gasteiger partial charge in [-0.3, -0.25) is 15.6 Å². The van der Waals surface area contributed by atoms with Gasteiger partial charge >= 0.3 is 12.1 Å². The van der Waals surface area contributed by atoms with Crippen LogP contribution in [0.5, 0.6) is 0 Å². The van der Waals surface area contributed by atoms with E-state index >= 15 is 0 Å². The summed E-state index contributed by atoms with van der Waals surface area (Å²) in [4.78, 5) is 25.4. The third-order valence-corrected chi connectivity index (χ3v) is 5.47. The molecule has 3 rings (SSSR count). The lowest BCUT2D eigenvalue weighted by atomic mass is 9.86. The molecule has 2 N–H and O–H groups in total. The van der Waals surface area contributed by atoms with Gasteiger partial charge < -0.3 is 9.64 Å². The van der Waals surface area contributed by atoms with Crippen LogP contribution in [0, 0.1) is 0 Å². The van der Waals surface area contributed by atoms with Crippen LogP contribution in [0.3, 0.4) is 0 Å². The summed E-state index contributed by atoms with van der Waals surface area (Å²) < 4.78 is 41.7. The molecule has 1 amide bonds. The first-order valence-electron chi connectivity index (χ1n) is 9.74. The van der Waals surface area contributed by atoms with E-state index in [9.17, 15) is 22.8 Å². The fourth-order valence-corrected chi connectivity index (χ4v) is 3.85. The number of nitrogens with zero attached hydrogens (tertiary/aromatic N) is 3. The smallest absolute Gasteiger partial charge is 0.397 e. The van der Waals surface area contributed by atoms with E-state index in [-0.39, 0.29) is 22.7 Å². The molecule has 172 valence electrons. The Morgan fingerprint density at radius 3 is 2.59 bits per heavy atom. The number of carbonyl (C=O) groups is 2. The largest absolute Gasteiger partial charge is 0.465 e. The molecule has 1 aliphatic rings. The predicted molar refractivity (Wildman–Crippen MR) is 111 cm³/mol. The Labute approximate surface area is 187 Å². The van der Waals surface area contributed by atoms with E-state index < -0.39 is 18.5 Å². The van der Waals surface area contributed by atoms with Gasteiger partial charge in [0.25, 0.3) is 0 Å². The highest BCUT2D eigenvalue weighted by atomic mass is 35.5. The number of alkyl halides is 3. The van der Waals surface area contributed by atoms with Crippen molar-refractivity contribution >= 4 is 35.0 Å². The Hall–Kier alpha value is -3.08. The summed E-state index contributed by atoms with van der Waals surface area (Å²) in [6, 6.07) is 7.32. The first kappa shape index (κ1) is 23.6. The number of hydrogen-bond acceptors (Lipinski definition) is 7. The van der Waals surface area contributed by atoms with Crippen molar-refractivity contribution in [1.29, 1.82) is 0 Å². The van der Waals surface area contributed by atoms with Crippen molar-refractivity contribution in [1.82, 2.24) is 15.6 Å². The second kappa shape index (κ2) is 10.0. The Morgan fingerprint density at radius 2 is 1.94 bits per heavy atom. The number of methoxy groups -OCH3 is 1. The van der Waals surface area contributed by atoms with Gasteiger partial charge in [-0.1, -0.05) is 29.8 Å². The molecule has 0 aliphatic carbocycles. The molecule has 1 fully saturated rings. The molecule has 12 heteroatoms. The first-order chi connectivity index (χ1) is 15.2. The minimum Gasteiger partial charge on any atom is -0.465 e. The highest BCUT2D eigenvalue weighted by molar-refractivity contribution is 6.35. The Morgan fingerprint density at radius 1 is 1.25 bits per heavy atom. The lowest BCUT2D eigenvalue weighted by Gasteiger charge is -2.34. The van der Waals surface area contributed by atoms with Crippen LogP contribution >= 0.6 is 11.6 Å². The molecule has 2 aromatic rings. The lowest BCUT2D eigenvalue weighted by molar-refractivity contribution is -0.153. The number of anilines is 2. The van der Waals surface area contributed by atoms with Crippen molar-refractivity contribution in [3.63, 3.8) is 0 Å². The number of ether oxygens (including phenoxy) is 1. The van der Waals surface area contributed by atoms with E-state index in [1.165, 1.54) is 13.3 Å². The van der Waals surface area contributed by atoms with Crippen LogP contribution in [0.15, 0.2) is 30.5 Å². The van der Waals surface area contributed by atoms with Crippen molar-refractivity contribution in [2.24, 2.45) is 0 Å². The van der Waals surface area contributed by atoms with Gasteiger partial charge in [-0.05, 0) is 30.4 Å². The molecule has 0 radical (unpaired) electrons. The summed E-state index contributed by atoms with van der Waals surface area (Å²) in [5.74, 6) is -1.56. The summed E-state index contributed by atoms with van der Waals surface area (Å²) in [5, 5.41) is 7.69. The summed E-state index contributed by atoms with van der Waals surface area (Å²) in [6.07, 6.45) is -3.34. The van der Waals surface area contributed by atoms with E-state index in [1.807, 2.05) is 22.5 Å². The predicted octanol–water partition coefficient (Wildman–Crippen LogP) is 3.70. The number of hydrogen-bond donors (Lipinski definition) is 2. The van der Waals surface area contributed by atoms with Crippen molar-refractivity contribution in [2.45, 2.75) is 31.4 Å². The number of halogens is 4. The van der Waals surface area contributed by atoms with Gasteiger partial charge in [0.05, 0.1) is 24.6 Å². The van der Waals surface area contributed by atoms with Gasteiger partial charge in [0.15, 0.2) is 5.82 Å². The third-order valence-electron chi connectivity index (χ3n) is 5.09. The van der Waals surface area contributed by atoms with Gasteiger partial charge in [-0.25, -0.2) is 4.79 Å². The molecule has 1 saturated heterocycles. The number of hydrazine groups is 1. The molecule has 0 saturated carbocycles. The molecule has 0 spiro atoms. The average Bonchev–Trinajstić information content (AvgIpc) is 2.77. The molecule has 8 nitrogen and oxygen atoms in total. The van der Waals surface area contributed by atoms with Gasteiger partial charge in [0.1, 0.15) is 11.4 Å². The maximum atomic E-state index is 12.3. The normalized spacial score (nSPS) is 14.7. The maximum Gasteiger partial charge on any atom is 0.397 e. The van der Waals surface area contributed by atoms with Crippen molar-refractivity contribution in [3.8, 4) is 0 Å². The topological polar surface area (TPSA) is 96.4 Å². The SMILES string of the molecule is COC(=O)c1ccccc1C1CCN(c2cnnc(NNC(=O)CC(F)(F)F)c2Cl)CC1. The fraction of sp³-hybridized carbons (Fsp3) is 0.400. The summed E-state index contributed by atoms with van der Waals surface area (Å²) >= 11 is 6.36. The molecule has 0 unspecified atom stereocenters. The second-order valence-corrected chi connectivity index (χ2v) is 7.58. The van der Waals surface area contributed by atoms with E-state index in [4.69, 9.17) is 16.3 Å². The molecule has 1 aromatic heterocycles. The second-order valence-electron chi connectivity index (χ2n) is 7.20. The summed E-state index contributed by atoms with van der Waals surface area (Å²) in [6.45, 7) is 1.21.